The van der Waals surface area contributed by atoms with E-state index in [0.717, 1.165) is 20.8 Å². The van der Waals surface area contributed by atoms with Gasteiger partial charge in [-0.25, -0.2) is 0 Å². The van der Waals surface area contributed by atoms with Gasteiger partial charge in [0, 0.05) is 10.5 Å². The lowest BCUT2D eigenvalue weighted by Gasteiger charge is -2.12. The summed E-state index contributed by atoms with van der Waals surface area (Å²) in [6, 6.07) is 8.89. The van der Waals surface area contributed by atoms with Crippen LogP contribution in [0.15, 0.2) is 30.3 Å². The van der Waals surface area contributed by atoms with Gasteiger partial charge in [0.1, 0.15) is 11.0 Å². The Kier molecular flexibility index (Phi) is 5.30. The Balaban J connectivity index is 2.01. The molecule has 2 aromatic carbocycles. The Bertz CT molecular complexity index is 958. The molecule has 3 rings (SSSR count). The van der Waals surface area contributed by atoms with Crippen LogP contribution in [0.5, 0.6) is 5.75 Å². The molecule has 0 fully saturated rings. The highest BCUT2D eigenvalue weighted by Gasteiger charge is 2.19. The zero-order valence-corrected chi connectivity index (χ0v) is 17.3. The number of aromatic nitrogens is 2. The number of carbonyl (C=O) groups excluding carboxylic acids is 2. The third kappa shape index (κ3) is 3.67. The van der Waals surface area contributed by atoms with E-state index in [4.69, 9.17) is 4.74 Å². The van der Waals surface area contributed by atoms with Gasteiger partial charge in [-0.1, -0.05) is 6.07 Å². The van der Waals surface area contributed by atoms with E-state index in [2.05, 4.69) is 36.7 Å². The summed E-state index contributed by atoms with van der Waals surface area (Å²) in [6.07, 6.45) is 0. The standard InChI is InChI=1S/C15H9I2N3O3S/c1-7(21)23-14-9(5-8(16)6-10(14)17)15(22)18-11-3-2-4-12-13(11)20-24-19-12/h2-6H,1H3,(H,18,22). The van der Waals surface area contributed by atoms with E-state index >= 15 is 0 Å². The van der Waals surface area contributed by atoms with Crippen LogP contribution in [-0.2, 0) is 4.79 Å². The zero-order valence-electron chi connectivity index (χ0n) is 12.2. The summed E-state index contributed by atoms with van der Waals surface area (Å²) in [4.78, 5) is 24.1. The van der Waals surface area contributed by atoms with E-state index in [9.17, 15) is 9.59 Å². The van der Waals surface area contributed by atoms with Gasteiger partial charge < -0.3 is 10.1 Å². The molecule has 0 unspecified atom stereocenters. The second-order valence-corrected chi connectivity index (χ2v) is 7.69. The number of esters is 1. The fourth-order valence-electron chi connectivity index (χ4n) is 2.07. The van der Waals surface area contributed by atoms with Crippen molar-refractivity contribution in [2.75, 3.05) is 5.32 Å². The summed E-state index contributed by atoms with van der Waals surface area (Å²) >= 11 is 5.24. The Morgan fingerprint density at radius 3 is 2.75 bits per heavy atom. The normalized spacial score (nSPS) is 10.6. The lowest BCUT2D eigenvalue weighted by atomic mass is 10.1. The Hall–Kier alpha value is -1.34. The second-order valence-electron chi connectivity index (χ2n) is 4.75. The molecule has 0 saturated heterocycles. The summed E-state index contributed by atoms with van der Waals surface area (Å²) in [5.41, 5.74) is 2.20. The molecule has 0 atom stereocenters. The summed E-state index contributed by atoms with van der Waals surface area (Å²) in [7, 11) is 0. The van der Waals surface area contributed by atoms with E-state index < -0.39 is 5.97 Å². The van der Waals surface area contributed by atoms with Gasteiger partial charge in [-0.15, -0.1) is 0 Å². The molecule has 1 amide bonds. The molecule has 0 aliphatic carbocycles. The molecule has 0 aliphatic rings. The van der Waals surface area contributed by atoms with Gasteiger partial charge in [0.05, 0.1) is 26.5 Å². The first kappa shape index (κ1) is 17.5. The first-order valence-electron chi connectivity index (χ1n) is 6.66. The first-order chi connectivity index (χ1) is 11.5. The van der Waals surface area contributed by atoms with Crippen molar-refractivity contribution in [3.05, 3.63) is 43.0 Å². The van der Waals surface area contributed by atoms with Crippen molar-refractivity contribution in [2.24, 2.45) is 0 Å². The van der Waals surface area contributed by atoms with Crippen LogP contribution in [0.3, 0.4) is 0 Å². The number of hydrogen-bond acceptors (Lipinski definition) is 6. The minimum atomic E-state index is -0.478. The van der Waals surface area contributed by atoms with Gasteiger partial charge in [-0.2, -0.15) is 8.75 Å². The SMILES string of the molecule is CC(=O)Oc1c(I)cc(I)cc1C(=O)Nc1cccc2nsnc12. The van der Waals surface area contributed by atoms with Gasteiger partial charge in [-0.3, -0.25) is 9.59 Å². The molecule has 0 radical (unpaired) electrons. The summed E-state index contributed by atoms with van der Waals surface area (Å²) in [5, 5.41) is 2.82. The van der Waals surface area contributed by atoms with Crippen molar-refractivity contribution in [1.82, 2.24) is 8.75 Å². The van der Waals surface area contributed by atoms with E-state index in [1.165, 1.54) is 6.92 Å². The molecule has 6 nitrogen and oxygen atoms in total. The van der Waals surface area contributed by atoms with E-state index in [-0.39, 0.29) is 11.7 Å². The molecule has 1 aromatic heterocycles. The molecule has 0 bridgehead atoms. The van der Waals surface area contributed by atoms with Gasteiger partial charge in [0.15, 0.2) is 5.75 Å². The molecule has 122 valence electrons. The van der Waals surface area contributed by atoms with Crippen molar-refractivity contribution < 1.29 is 14.3 Å². The highest BCUT2D eigenvalue weighted by Crippen LogP contribution is 2.30. The predicted molar refractivity (Wildman–Crippen MR) is 109 cm³/mol. The summed E-state index contributed by atoms with van der Waals surface area (Å²) < 4.78 is 15.1. The Labute approximate surface area is 168 Å². The number of hydrogen-bond donors (Lipinski definition) is 1. The number of anilines is 1. The topological polar surface area (TPSA) is 81.2 Å². The largest absolute Gasteiger partial charge is 0.425 e. The molecule has 1 heterocycles. The number of halogens is 2. The van der Waals surface area contributed by atoms with E-state index in [1.54, 1.807) is 18.2 Å². The molecule has 3 aromatic rings. The number of carbonyl (C=O) groups is 2. The zero-order chi connectivity index (χ0) is 17.3. The van der Waals surface area contributed by atoms with E-state index in [1.807, 2.05) is 34.7 Å². The lowest BCUT2D eigenvalue weighted by Crippen LogP contribution is -2.16. The monoisotopic (exact) mass is 565 g/mol. The fourth-order valence-corrected chi connectivity index (χ4v) is 4.58. The molecule has 9 heteroatoms. The number of fused-ring (bicyclic) bond motifs is 1. The molecule has 0 spiro atoms. The third-order valence-electron chi connectivity index (χ3n) is 3.03. The average Bonchev–Trinajstić information content (AvgIpc) is 2.99. The molecule has 1 N–H and O–H groups in total. The first-order valence-corrected chi connectivity index (χ1v) is 9.54. The van der Waals surface area contributed by atoms with E-state index in [0.29, 0.717) is 20.3 Å². The van der Waals surface area contributed by atoms with Crippen molar-refractivity contribution in [1.29, 1.82) is 0 Å². The van der Waals surface area contributed by atoms with Crippen LogP contribution in [0.4, 0.5) is 5.69 Å². The summed E-state index contributed by atoms with van der Waals surface area (Å²) in [5.74, 6) is -0.596. The minimum absolute atomic E-state index is 0.254. The van der Waals surface area contributed by atoms with Crippen molar-refractivity contribution in [3.63, 3.8) is 0 Å². The quantitative estimate of drug-likeness (QED) is 0.295. The van der Waals surface area contributed by atoms with Crippen LogP contribution in [0.25, 0.3) is 11.0 Å². The van der Waals surface area contributed by atoms with Crippen molar-refractivity contribution in [3.8, 4) is 5.75 Å². The van der Waals surface area contributed by atoms with Crippen LogP contribution in [0, 0.1) is 7.14 Å². The maximum atomic E-state index is 12.7. The van der Waals surface area contributed by atoms with Crippen LogP contribution >= 0.6 is 56.9 Å². The molecule has 0 aliphatic heterocycles. The number of benzene rings is 2. The Morgan fingerprint density at radius 2 is 2.00 bits per heavy atom. The van der Waals surface area contributed by atoms with Gasteiger partial charge in [0.25, 0.3) is 5.91 Å². The van der Waals surface area contributed by atoms with Crippen LogP contribution in [0.2, 0.25) is 0 Å². The van der Waals surface area contributed by atoms with Crippen LogP contribution in [0.1, 0.15) is 17.3 Å². The van der Waals surface area contributed by atoms with Crippen LogP contribution < -0.4 is 10.1 Å². The summed E-state index contributed by atoms with van der Waals surface area (Å²) in [6.45, 7) is 1.30. The molecule has 0 saturated carbocycles. The van der Waals surface area contributed by atoms with Gasteiger partial charge in [0.2, 0.25) is 0 Å². The minimum Gasteiger partial charge on any atom is -0.425 e. The Morgan fingerprint density at radius 1 is 1.21 bits per heavy atom. The van der Waals surface area contributed by atoms with Crippen LogP contribution in [-0.4, -0.2) is 20.6 Å². The van der Waals surface area contributed by atoms with Gasteiger partial charge >= 0.3 is 5.97 Å². The molecule has 24 heavy (non-hydrogen) atoms. The molecular weight excluding hydrogens is 556 g/mol. The average molecular weight is 565 g/mol. The predicted octanol–water partition coefficient (Wildman–Crippen LogP) is 4.08. The van der Waals surface area contributed by atoms with Gasteiger partial charge in [-0.05, 0) is 69.4 Å². The van der Waals surface area contributed by atoms with Crippen molar-refractivity contribution >= 4 is 85.5 Å². The highest BCUT2D eigenvalue weighted by molar-refractivity contribution is 14.1. The number of ether oxygens (including phenoxy) is 1. The third-order valence-corrected chi connectivity index (χ3v) is 5.00. The maximum absolute atomic E-state index is 12.7. The lowest BCUT2D eigenvalue weighted by molar-refractivity contribution is -0.131. The smallest absolute Gasteiger partial charge is 0.308 e. The maximum Gasteiger partial charge on any atom is 0.308 e. The second kappa shape index (κ2) is 7.27. The number of amides is 1. The van der Waals surface area contributed by atoms with Crippen molar-refractivity contribution in [2.45, 2.75) is 6.92 Å². The number of nitrogens with zero attached hydrogens (tertiary/aromatic N) is 2. The fraction of sp³-hybridized carbons (Fsp3) is 0.0667. The molecular formula is C15H9I2N3O3S. The number of rotatable bonds is 3. The number of nitrogens with one attached hydrogen (secondary N) is 1. The highest BCUT2D eigenvalue weighted by atomic mass is 127.